The molecule has 0 aliphatic heterocycles. The summed E-state index contributed by atoms with van der Waals surface area (Å²) in [7, 11) is -3.63. The van der Waals surface area contributed by atoms with Gasteiger partial charge in [0.05, 0.1) is 32.1 Å². The lowest BCUT2D eigenvalue weighted by molar-refractivity contribution is -0.158. The van der Waals surface area contributed by atoms with Crippen molar-refractivity contribution in [2.24, 2.45) is 0 Å². The topological polar surface area (TPSA) is 112 Å². The van der Waals surface area contributed by atoms with Crippen LogP contribution in [0.2, 0.25) is 0 Å². The third-order valence-corrected chi connectivity index (χ3v) is 5.74. The van der Waals surface area contributed by atoms with Gasteiger partial charge in [-0.3, -0.25) is 4.79 Å². The summed E-state index contributed by atoms with van der Waals surface area (Å²) in [6.07, 6.45) is 2.63. The first-order valence-corrected chi connectivity index (χ1v) is 13.5. The first kappa shape index (κ1) is 27.8. The highest BCUT2D eigenvalue weighted by molar-refractivity contribution is 7.86. The molecule has 0 spiro atoms. The maximum Gasteiger partial charge on any atom is 0.349 e. The van der Waals surface area contributed by atoms with Gasteiger partial charge >= 0.3 is 16.1 Å². The second-order valence-electron chi connectivity index (χ2n) is 8.91. The fraction of sp³-hybridized carbons (Fsp3) is 0.333. The van der Waals surface area contributed by atoms with E-state index in [1.165, 1.54) is 12.1 Å². The summed E-state index contributed by atoms with van der Waals surface area (Å²) in [5.41, 5.74) is 0.430. The van der Waals surface area contributed by atoms with Crippen LogP contribution in [-0.4, -0.2) is 43.7 Å². The lowest BCUT2D eigenvalue weighted by Gasteiger charge is -2.25. The maximum absolute atomic E-state index is 13.2. The monoisotopic (exact) mass is 529 g/mol. The molecule has 0 aliphatic carbocycles. The number of carbonyl (C=O) groups is 2. The Balaban J connectivity index is 1.70. The molecule has 0 saturated carbocycles. The Morgan fingerprint density at radius 2 is 1.54 bits per heavy atom. The van der Waals surface area contributed by atoms with Gasteiger partial charge in [0.2, 0.25) is 5.91 Å². The van der Waals surface area contributed by atoms with Crippen molar-refractivity contribution in [3.63, 3.8) is 0 Å². The molecule has 1 aromatic heterocycles. The zero-order valence-corrected chi connectivity index (χ0v) is 22.1. The minimum atomic E-state index is -3.63. The van der Waals surface area contributed by atoms with Gasteiger partial charge in [-0.2, -0.15) is 8.42 Å². The van der Waals surface area contributed by atoms with Crippen LogP contribution in [0.1, 0.15) is 37.7 Å². The molecule has 3 aromatic rings. The third kappa shape index (κ3) is 8.68. The summed E-state index contributed by atoms with van der Waals surface area (Å²) in [5, 5.41) is 0. The van der Waals surface area contributed by atoms with Crippen molar-refractivity contribution in [3.8, 4) is 11.5 Å². The van der Waals surface area contributed by atoms with E-state index in [2.05, 4.69) is 0 Å². The number of rotatable bonds is 12. The second kappa shape index (κ2) is 12.0. The van der Waals surface area contributed by atoms with E-state index in [-0.39, 0.29) is 31.2 Å². The molecular weight excluding hydrogens is 498 g/mol. The number of esters is 1. The Labute approximate surface area is 217 Å². The molecule has 0 radical (unpaired) electrons. The zero-order valence-electron chi connectivity index (χ0n) is 21.3. The zero-order chi connectivity index (χ0) is 27.1. The normalized spacial score (nSPS) is 11.6. The predicted octanol–water partition coefficient (Wildman–Crippen LogP) is 4.11. The summed E-state index contributed by atoms with van der Waals surface area (Å²) in [4.78, 5) is 27.0. The lowest BCUT2D eigenvalue weighted by atomic mass is 10.1. The van der Waals surface area contributed by atoms with E-state index in [9.17, 15) is 18.0 Å². The van der Waals surface area contributed by atoms with Gasteiger partial charge in [-0.05, 0) is 68.3 Å². The number of hydrogen-bond acceptors (Lipinski definition) is 8. The van der Waals surface area contributed by atoms with E-state index in [0.717, 1.165) is 11.8 Å². The molecular formula is C27H31NO8S. The number of carbonyl (C=O) groups excluding carboxylic acids is 2. The smallest absolute Gasteiger partial charge is 0.349 e. The number of benzene rings is 2. The Morgan fingerprint density at radius 1 is 0.919 bits per heavy atom. The maximum atomic E-state index is 13.2. The summed E-state index contributed by atoms with van der Waals surface area (Å²) < 4.78 is 43.8. The van der Waals surface area contributed by atoms with E-state index in [0.29, 0.717) is 23.6 Å². The first-order chi connectivity index (χ1) is 17.4. The average molecular weight is 530 g/mol. The minimum Gasteiger partial charge on any atom is -0.476 e. The van der Waals surface area contributed by atoms with Crippen LogP contribution in [0.5, 0.6) is 11.5 Å². The second-order valence-corrected chi connectivity index (χ2v) is 10.5. The van der Waals surface area contributed by atoms with Gasteiger partial charge in [0, 0.05) is 6.54 Å². The predicted molar refractivity (Wildman–Crippen MR) is 136 cm³/mol. The Bertz CT molecular complexity index is 1280. The third-order valence-electron chi connectivity index (χ3n) is 5.24. The molecule has 0 atom stereocenters. The van der Waals surface area contributed by atoms with Crippen molar-refractivity contribution in [1.82, 2.24) is 4.90 Å². The number of hydrogen-bond donors (Lipinski definition) is 0. The average Bonchev–Trinajstić information content (AvgIpc) is 3.33. The Morgan fingerprint density at radius 3 is 2.11 bits per heavy atom. The van der Waals surface area contributed by atoms with Gasteiger partial charge in [0.15, 0.2) is 5.60 Å². The molecule has 0 saturated heterocycles. The molecule has 10 heteroatoms. The van der Waals surface area contributed by atoms with Crippen molar-refractivity contribution >= 4 is 22.0 Å². The van der Waals surface area contributed by atoms with Crippen LogP contribution in [0, 0.1) is 0 Å². The van der Waals surface area contributed by atoms with E-state index in [1.54, 1.807) is 68.3 Å². The van der Waals surface area contributed by atoms with Gasteiger partial charge in [0.1, 0.15) is 17.3 Å². The van der Waals surface area contributed by atoms with Crippen molar-refractivity contribution in [1.29, 1.82) is 0 Å². The van der Waals surface area contributed by atoms with Gasteiger partial charge < -0.3 is 23.0 Å². The van der Waals surface area contributed by atoms with Crippen LogP contribution in [0.3, 0.4) is 0 Å². The molecule has 0 fully saturated rings. The molecule has 0 N–H and O–H groups in total. The Hall–Kier alpha value is -3.79. The summed E-state index contributed by atoms with van der Waals surface area (Å²) in [5.74, 6) is 0.727. The van der Waals surface area contributed by atoms with E-state index >= 15 is 0 Å². The molecule has 0 bridgehead atoms. The highest BCUT2D eigenvalue weighted by Crippen LogP contribution is 2.22. The van der Waals surface area contributed by atoms with Crippen molar-refractivity contribution in [2.45, 2.75) is 45.9 Å². The lowest BCUT2D eigenvalue weighted by Crippen LogP contribution is -2.39. The fourth-order valence-corrected chi connectivity index (χ4v) is 3.93. The number of nitrogens with zero attached hydrogens (tertiary/aromatic N) is 1. The van der Waals surface area contributed by atoms with Crippen LogP contribution in [0.4, 0.5) is 0 Å². The van der Waals surface area contributed by atoms with E-state index < -0.39 is 21.7 Å². The van der Waals surface area contributed by atoms with Crippen LogP contribution < -0.4 is 8.92 Å². The minimum absolute atomic E-state index is 0.106. The standard InChI is InChI=1S/C27H31NO8S/c1-5-33-26(30)27(2,3)35-22-12-10-21(11-13-22)18-28(19-24-7-6-16-34-24)25(29)17-20-8-14-23(15-9-20)36-37(4,31)32/h6-16H,5,17-19H2,1-4H3. The molecule has 3 rings (SSSR count). The molecule has 9 nitrogen and oxygen atoms in total. The highest BCUT2D eigenvalue weighted by atomic mass is 32.2. The first-order valence-electron chi connectivity index (χ1n) is 11.7. The summed E-state index contributed by atoms with van der Waals surface area (Å²) in [6, 6.07) is 17.0. The molecule has 0 unspecified atom stereocenters. The van der Waals surface area contributed by atoms with Crippen LogP contribution in [0.25, 0.3) is 0 Å². The number of ether oxygens (including phenoxy) is 2. The molecule has 2 aromatic carbocycles. The molecule has 198 valence electrons. The fourth-order valence-electron chi connectivity index (χ4n) is 3.47. The molecule has 0 aliphatic rings. The van der Waals surface area contributed by atoms with E-state index in [4.69, 9.17) is 18.1 Å². The number of amides is 1. The van der Waals surface area contributed by atoms with Gasteiger partial charge in [-0.1, -0.05) is 24.3 Å². The molecule has 1 heterocycles. The van der Waals surface area contributed by atoms with Crippen LogP contribution in [0.15, 0.2) is 71.3 Å². The van der Waals surface area contributed by atoms with Gasteiger partial charge in [-0.15, -0.1) is 0 Å². The van der Waals surface area contributed by atoms with Crippen molar-refractivity contribution in [2.75, 3.05) is 12.9 Å². The SMILES string of the molecule is CCOC(=O)C(C)(C)Oc1ccc(CN(Cc2ccco2)C(=O)Cc2ccc(OS(C)(=O)=O)cc2)cc1. The van der Waals surface area contributed by atoms with Crippen LogP contribution in [-0.2, 0) is 44.0 Å². The molecule has 1 amide bonds. The molecule has 37 heavy (non-hydrogen) atoms. The van der Waals surface area contributed by atoms with Crippen molar-refractivity contribution < 1.29 is 36.1 Å². The highest BCUT2D eigenvalue weighted by Gasteiger charge is 2.31. The quantitative estimate of drug-likeness (QED) is 0.255. The summed E-state index contributed by atoms with van der Waals surface area (Å²) >= 11 is 0. The van der Waals surface area contributed by atoms with E-state index in [1.807, 2.05) is 12.1 Å². The largest absolute Gasteiger partial charge is 0.476 e. The van der Waals surface area contributed by atoms with Crippen LogP contribution >= 0.6 is 0 Å². The van der Waals surface area contributed by atoms with Crippen molar-refractivity contribution in [3.05, 3.63) is 83.8 Å². The van der Waals surface area contributed by atoms with Gasteiger partial charge in [0.25, 0.3) is 0 Å². The number of furan rings is 1. The Kier molecular flexibility index (Phi) is 8.99. The van der Waals surface area contributed by atoms with Gasteiger partial charge in [-0.25, -0.2) is 4.79 Å². The summed E-state index contributed by atoms with van der Waals surface area (Å²) in [6.45, 7) is 5.88.